The maximum atomic E-state index is 14.4. The van der Waals surface area contributed by atoms with Crippen LogP contribution >= 0.6 is 0 Å². The average Bonchev–Trinajstić information content (AvgIpc) is 3.64. The van der Waals surface area contributed by atoms with Crippen LogP contribution in [-0.4, -0.2) is 72.4 Å². The summed E-state index contributed by atoms with van der Waals surface area (Å²) in [5.41, 5.74) is -0.131. The lowest BCUT2D eigenvalue weighted by molar-refractivity contribution is -0.0591. The number of piperidine rings is 1. The average molecular weight is 544 g/mol. The first-order valence-corrected chi connectivity index (χ1v) is 13.3. The summed E-state index contributed by atoms with van der Waals surface area (Å²) in [5, 5.41) is 17.7. The van der Waals surface area contributed by atoms with Gasteiger partial charge in [-0.1, -0.05) is 13.8 Å². The minimum Gasteiger partial charge on any atom is -0.488 e. The summed E-state index contributed by atoms with van der Waals surface area (Å²) >= 11 is 0. The molecule has 5 rings (SSSR count). The van der Waals surface area contributed by atoms with E-state index in [0.717, 1.165) is 31.6 Å². The number of rotatable bonds is 10. The van der Waals surface area contributed by atoms with Crippen molar-refractivity contribution in [1.29, 1.82) is 0 Å². The summed E-state index contributed by atoms with van der Waals surface area (Å²) in [6.45, 7) is 7.36. The summed E-state index contributed by atoms with van der Waals surface area (Å²) < 4.78 is 45.9. The van der Waals surface area contributed by atoms with Crippen molar-refractivity contribution in [2.45, 2.75) is 43.7 Å². The first-order chi connectivity index (χ1) is 18.9. The molecule has 0 spiro atoms. The molecule has 39 heavy (non-hydrogen) atoms. The van der Waals surface area contributed by atoms with Gasteiger partial charge in [-0.3, -0.25) is 0 Å². The van der Waals surface area contributed by atoms with Crippen molar-refractivity contribution in [3.8, 4) is 5.75 Å². The van der Waals surface area contributed by atoms with Gasteiger partial charge in [0.1, 0.15) is 24.3 Å². The third-order valence-corrected chi connectivity index (χ3v) is 8.14. The van der Waals surface area contributed by atoms with E-state index < -0.39 is 17.0 Å². The summed E-state index contributed by atoms with van der Waals surface area (Å²) in [5.74, 6) is 0.977. The number of benzene rings is 1. The van der Waals surface area contributed by atoms with Crippen LogP contribution in [0.15, 0.2) is 41.3 Å². The van der Waals surface area contributed by atoms with Crippen LogP contribution in [0.2, 0.25) is 0 Å². The summed E-state index contributed by atoms with van der Waals surface area (Å²) in [4.78, 5) is 8.81. The molecule has 2 fully saturated rings. The Bertz CT molecular complexity index is 1210. The van der Waals surface area contributed by atoms with Gasteiger partial charge in [0.25, 0.3) is 0 Å². The van der Waals surface area contributed by atoms with Gasteiger partial charge in [0.2, 0.25) is 5.95 Å². The molecule has 10 nitrogen and oxygen atoms in total. The highest BCUT2D eigenvalue weighted by Crippen LogP contribution is 2.45. The molecule has 210 valence electrons. The molecule has 2 saturated heterocycles. The van der Waals surface area contributed by atoms with Gasteiger partial charge in [-0.2, -0.15) is 0 Å². The largest absolute Gasteiger partial charge is 0.488 e. The normalized spacial score (nSPS) is 26.1. The second-order valence-corrected chi connectivity index (χ2v) is 10.6. The van der Waals surface area contributed by atoms with E-state index in [1.807, 2.05) is 0 Å². The Hall–Kier alpha value is -3.22. The Morgan fingerprint density at radius 2 is 1.95 bits per heavy atom. The molecule has 0 aliphatic carbocycles. The van der Waals surface area contributed by atoms with Crippen molar-refractivity contribution in [3.05, 3.63) is 59.7 Å². The fourth-order valence-corrected chi connectivity index (χ4v) is 6.17. The Labute approximate surface area is 226 Å². The van der Waals surface area contributed by atoms with Crippen LogP contribution in [0.25, 0.3) is 0 Å². The number of nitrogens with one attached hydrogen (secondary N) is 3. The zero-order valence-corrected chi connectivity index (χ0v) is 22.4. The monoisotopic (exact) mass is 543 g/mol. The van der Waals surface area contributed by atoms with E-state index >= 15 is 0 Å². The summed E-state index contributed by atoms with van der Waals surface area (Å²) in [6.07, 6.45) is 5.32. The molecule has 2 aliphatic heterocycles. The van der Waals surface area contributed by atoms with E-state index in [1.54, 1.807) is 25.7 Å². The molecule has 3 aromatic rings. The molecule has 0 radical (unpaired) electrons. The zero-order chi connectivity index (χ0) is 27.4. The minimum absolute atomic E-state index is 0.200. The van der Waals surface area contributed by atoms with Crippen molar-refractivity contribution in [1.82, 2.24) is 31.0 Å². The number of aromatic nitrogens is 4. The van der Waals surface area contributed by atoms with E-state index in [-0.39, 0.29) is 30.6 Å². The van der Waals surface area contributed by atoms with E-state index in [0.29, 0.717) is 42.0 Å². The van der Waals surface area contributed by atoms with Crippen molar-refractivity contribution in [2.24, 2.45) is 11.8 Å². The first kappa shape index (κ1) is 27.4. The van der Waals surface area contributed by atoms with Crippen LogP contribution in [0, 0.1) is 23.5 Å². The van der Waals surface area contributed by atoms with Crippen molar-refractivity contribution in [3.63, 3.8) is 0 Å². The predicted molar refractivity (Wildman–Crippen MR) is 139 cm³/mol. The van der Waals surface area contributed by atoms with Gasteiger partial charge in [-0.05, 0) is 55.1 Å². The maximum absolute atomic E-state index is 14.4. The van der Waals surface area contributed by atoms with Crippen LogP contribution in [0.5, 0.6) is 5.75 Å². The van der Waals surface area contributed by atoms with Crippen molar-refractivity contribution in [2.75, 3.05) is 45.2 Å². The minimum atomic E-state index is -0.463. The van der Waals surface area contributed by atoms with E-state index in [4.69, 9.17) is 14.0 Å². The second-order valence-electron chi connectivity index (χ2n) is 10.6. The lowest BCUT2D eigenvalue weighted by atomic mass is 9.62. The number of hydrogen-bond donors (Lipinski definition) is 3. The Kier molecular flexibility index (Phi) is 8.34. The van der Waals surface area contributed by atoms with Crippen molar-refractivity contribution < 1.29 is 22.8 Å². The lowest BCUT2D eigenvalue weighted by Gasteiger charge is -2.48. The topological polar surface area (TPSA) is 119 Å². The Morgan fingerprint density at radius 3 is 2.67 bits per heavy atom. The van der Waals surface area contributed by atoms with Gasteiger partial charge in [-0.25, -0.2) is 18.7 Å². The van der Waals surface area contributed by atoms with E-state index in [9.17, 15) is 8.78 Å². The molecule has 2 aromatic heterocycles. The maximum Gasteiger partial charge on any atom is 0.223 e. The number of methoxy groups -OCH3 is 1. The zero-order valence-electron chi connectivity index (χ0n) is 22.4. The van der Waals surface area contributed by atoms with Gasteiger partial charge in [0.05, 0.1) is 24.0 Å². The van der Waals surface area contributed by atoms with Gasteiger partial charge in [0, 0.05) is 37.4 Å². The van der Waals surface area contributed by atoms with Crippen LogP contribution < -0.4 is 20.7 Å². The number of ether oxygens (including phenoxy) is 2. The van der Waals surface area contributed by atoms with E-state index in [1.165, 1.54) is 6.07 Å². The molecule has 2 aliphatic rings. The highest BCUT2D eigenvalue weighted by molar-refractivity contribution is 5.34. The molecule has 12 heteroatoms. The Morgan fingerprint density at radius 1 is 1.13 bits per heavy atom. The smallest absolute Gasteiger partial charge is 0.223 e. The van der Waals surface area contributed by atoms with Crippen LogP contribution in [0.3, 0.4) is 0 Å². The molecule has 5 atom stereocenters. The third kappa shape index (κ3) is 5.59. The fourth-order valence-electron chi connectivity index (χ4n) is 6.17. The van der Waals surface area contributed by atoms with Crippen molar-refractivity contribution >= 4 is 5.95 Å². The Balaban J connectivity index is 1.27. The molecule has 1 aromatic carbocycles. The number of nitrogens with zero attached hydrogens (tertiary/aromatic N) is 4. The fraction of sp³-hybridized carbons (Fsp3) is 0.556. The highest BCUT2D eigenvalue weighted by atomic mass is 19.1. The van der Waals surface area contributed by atoms with Gasteiger partial charge < -0.3 is 29.9 Å². The van der Waals surface area contributed by atoms with Gasteiger partial charge in [-0.15, -0.1) is 5.10 Å². The molecule has 0 bridgehead atoms. The van der Waals surface area contributed by atoms with Crippen LogP contribution in [0.1, 0.15) is 37.5 Å². The predicted octanol–water partition coefficient (Wildman–Crippen LogP) is 2.90. The number of halogens is 2. The first-order valence-electron chi connectivity index (χ1n) is 13.3. The molecule has 3 N–H and O–H groups in total. The molecule has 4 heterocycles. The number of anilines is 1. The molecule has 0 saturated carbocycles. The summed E-state index contributed by atoms with van der Waals surface area (Å²) in [7, 11) is 1.68. The van der Waals surface area contributed by atoms with Gasteiger partial charge >= 0.3 is 0 Å². The quantitative estimate of drug-likeness (QED) is 0.352. The highest BCUT2D eigenvalue weighted by Gasteiger charge is 2.52. The molecular formula is C27H35F2N7O3. The van der Waals surface area contributed by atoms with E-state index in [2.05, 4.69) is 50.1 Å². The third-order valence-electron chi connectivity index (χ3n) is 8.14. The summed E-state index contributed by atoms with van der Waals surface area (Å²) in [6, 6.07) is 3.33. The SMILES string of the molecule is CO[C@@H](COc1cnc(N[C@H]2CNC[C@@H]2c2cc(F)ccc2F)nc1)C1(c2cnno2)CCNCC1C(C)C. The standard InChI is InChI=1S/C27H35F2N7O3/c1-16(2)21-12-30-7-6-27(21,24-14-34-36-39-24)25(37-3)15-38-18-9-32-26(33-10-18)35-23-13-31-11-20(23)19-8-17(28)4-5-22(19)29/h4-5,8-10,14,16,20-21,23,25,30-31H,6-7,11-13,15H2,1-3H3,(H,32,33,35)/t20-,21?,23+,25+,27?/m1/s1. The van der Waals surface area contributed by atoms with Crippen LogP contribution in [0.4, 0.5) is 14.7 Å². The van der Waals surface area contributed by atoms with Crippen LogP contribution in [-0.2, 0) is 10.2 Å². The van der Waals surface area contributed by atoms with Gasteiger partial charge in [0.15, 0.2) is 11.5 Å². The molecule has 2 unspecified atom stereocenters. The lowest BCUT2D eigenvalue weighted by Crippen LogP contribution is -2.58. The molecular weight excluding hydrogens is 508 g/mol. The second kappa shape index (κ2) is 11.9. The number of hydrogen-bond acceptors (Lipinski definition) is 10. The molecule has 0 amide bonds.